The van der Waals surface area contributed by atoms with Crippen molar-refractivity contribution >= 4 is 5.91 Å². The van der Waals surface area contributed by atoms with Crippen molar-refractivity contribution in [3.8, 4) is 0 Å². The molecule has 1 amide bonds. The Kier molecular flexibility index (Phi) is 8.23. The molecule has 0 saturated heterocycles. The van der Waals surface area contributed by atoms with Crippen LogP contribution in [0.4, 0.5) is 0 Å². The van der Waals surface area contributed by atoms with Gasteiger partial charge in [0.15, 0.2) is 0 Å². The summed E-state index contributed by atoms with van der Waals surface area (Å²) in [6, 6.07) is 0. The van der Waals surface area contributed by atoms with Crippen LogP contribution in [-0.4, -0.2) is 18.0 Å². The molecule has 0 aromatic rings. The van der Waals surface area contributed by atoms with E-state index in [4.69, 9.17) is 5.73 Å². The minimum absolute atomic E-state index is 0.133. The van der Waals surface area contributed by atoms with E-state index in [2.05, 4.69) is 33.0 Å². The molecule has 0 fully saturated rings. The third-order valence-electron chi connectivity index (χ3n) is 3.55. The van der Waals surface area contributed by atoms with Gasteiger partial charge in [0.2, 0.25) is 5.91 Å². The van der Waals surface area contributed by atoms with E-state index in [9.17, 15) is 4.79 Å². The quantitative estimate of drug-likeness (QED) is 0.653. The van der Waals surface area contributed by atoms with E-state index in [0.29, 0.717) is 6.54 Å². The van der Waals surface area contributed by atoms with Gasteiger partial charge in [-0.3, -0.25) is 4.79 Å². The Bertz CT molecular complexity index is 212. The molecule has 0 aliphatic rings. The monoisotopic (exact) mass is 242 g/mol. The summed E-state index contributed by atoms with van der Waals surface area (Å²) in [6.45, 7) is 9.08. The van der Waals surface area contributed by atoms with Crippen LogP contribution in [-0.2, 0) is 4.79 Å². The van der Waals surface area contributed by atoms with Gasteiger partial charge < -0.3 is 11.1 Å². The van der Waals surface area contributed by atoms with E-state index in [1.165, 1.54) is 0 Å². The van der Waals surface area contributed by atoms with Gasteiger partial charge in [-0.2, -0.15) is 0 Å². The fourth-order valence-corrected chi connectivity index (χ4v) is 2.15. The second kappa shape index (κ2) is 8.51. The van der Waals surface area contributed by atoms with Gasteiger partial charge in [-0.05, 0) is 39.2 Å². The molecule has 0 radical (unpaired) electrons. The number of carbonyl (C=O) groups excluding carboxylic acids is 1. The van der Waals surface area contributed by atoms with Gasteiger partial charge in [-0.1, -0.05) is 33.6 Å². The first-order chi connectivity index (χ1) is 8.02. The van der Waals surface area contributed by atoms with Crippen LogP contribution in [0.3, 0.4) is 0 Å². The van der Waals surface area contributed by atoms with Crippen LogP contribution >= 0.6 is 0 Å². The summed E-state index contributed by atoms with van der Waals surface area (Å²) in [5.74, 6) is 0.389. The minimum atomic E-state index is -0.133. The van der Waals surface area contributed by atoms with Crippen LogP contribution in [0.15, 0.2) is 0 Å². The van der Waals surface area contributed by atoms with E-state index < -0.39 is 0 Å². The maximum atomic E-state index is 12.2. The van der Waals surface area contributed by atoms with Gasteiger partial charge in [0.1, 0.15) is 0 Å². The lowest BCUT2D eigenvalue weighted by molar-refractivity contribution is -0.127. The molecule has 0 rings (SSSR count). The maximum Gasteiger partial charge on any atom is 0.223 e. The molecule has 0 heterocycles. The fraction of sp³-hybridized carbons (Fsp3) is 0.929. The van der Waals surface area contributed by atoms with E-state index in [0.717, 1.165) is 38.5 Å². The molecule has 0 spiro atoms. The van der Waals surface area contributed by atoms with Crippen molar-refractivity contribution in [2.75, 3.05) is 6.54 Å². The van der Waals surface area contributed by atoms with Crippen LogP contribution in [0, 0.1) is 5.92 Å². The molecule has 0 aromatic carbocycles. The van der Waals surface area contributed by atoms with E-state index in [1.54, 1.807) is 0 Å². The molecule has 0 saturated carbocycles. The molecule has 102 valence electrons. The SMILES string of the molecule is CCCC(CCC)C(=O)NC(C)(CC)CCN. The molecular weight excluding hydrogens is 212 g/mol. The van der Waals surface area contributed by atoms with E-state index >= 15 is 0 Å². The van der Waals surface area contributed by atoms with Gasteiger partial charge in [0, 0.05) is 11.5 Å². The van der Waals surface area contributed by atoms with Crippen molar-refractivity contribution in [2.24, 2.45) is 11.7 Å². The number of rotatable bonds is 9. The molecule has 0 bridgehead atoms. The average molecular weight is 242 g/mol. The van der Waals surface area contributed by atoms with Crippen molar-refractivity contribution in [1.82, 2.24) is 5.32 Å². The van der Waals surface area contributed by atoms with Gasteiger partial charge in [-0.25, -0.2) is 0 Å². The van der Waals surface area contributed by atoms with Gasteiger partial charge in [0.25, 0.3) is 0 Å². The minimum Gasteiger partial charge on any atom is -0.351 e. The fourth-order valence-electron chi connectivity index (χ4n) is 2.15. The lowest BCUT2D eigenvalue weighted by Gasteiger charge is -2.31. The molecule has 1 unspecified atom stereocenters. The van der Waals surface area contributed by atoms with Crippen molar-refractivity contribution in [3.63, 3.8) is 0 Å². The summed E-state index contributed by atoms with van der Waals surface area (Å²) < 4.78 is 0. The van der Waals surface area contributed by atoms with Crippen LogP contribution < -0.4 is 11.1 Å². The number of hydrogen-bond acceptors (Lipinski definition) is 2. The summed E-state index contributed by atoms with van der Waals surface area (Å²) in [5, 5.41) is 3.19. The molecule has 3 heteroatoms. The highest BCUT2D eigenvalue weighted by Gasteiger charge is 2.26. The Morgan fingerprint density at radius 1 is 1.24 bits per heavy atom. The largest absolute Gasteiger partial charge is 0.351 e. The summed E-state index contributed by atoms with van der Waals surface area (Å²) in [7, 11) is 0. The second-order valence-electron chi connectivity index (χ2n) is 5.22. The molecular formula is C14H30N2O. The molecule has 1 atom stereocenters. The first kappa shape index (κ1) is 16.4. The van der Waals surface area contributed by atoms with Crippen LogP contribution in [0.5, 0.6) is 0 Å². The summed E-state index contributed by atoms with van der Waals surface area (Å²) in [5.41, 5.74) is 5.47. The maximum absolute atomic E-state index is 12.2. The smallest absolute Gasteiger partial charge is 0.223 e. The predicted octanol–water partition coefficient (Wildman–Crippen LogP) is 2.84. The Labute approximate surface area is 107 Å². The number of carbonyl (C=O) groups is 1. The molecule has 3 nitrogen and oxygen atoms in total. The first-order valence-corrected chi connectivity index (χ1v) is 7.05. The summed E-state index contributed by atoms with van der Waals surface area (Å²) in [4.78, 5) is 12.2. The normalized spacial score (nSPS) is 14.7. The van der Waals surface area contributed by atoms with Gasteiger partial charge in [0.05, 0.1) is 0 Å². The van der Waals surface area contributed by atoms with Crippen molar-refractivity contribution < 1.29 is 4.79 Å². The van der Waals surface area contributed by atoms with E-state index in [-0.39, 0.29) is 17.4 Å². The van der Waals surface area contributed by atoms with Crippen LogP contribution in [0.1, 0.15) is 66.2 Å². The highest BCUT2D eigenvalue weighted by Crippen LogP contribution is 2.18. The highest BCUT2D eigenvalue weighted by molar-refractivity contribution is 5.79. The third-order valence-corrected chi connectivity index (χ3v) is 3.55. The first-order valence-electron chi connectivity index (χ1n) is 7.05. The zero-order valence-corrected chi connectivity index (χ0v) is 12.0. The Morgan fingerprint density at radius 2 is 1.76 bits per heavy atom. The lowest BCUT2D eigenvalue weighted by atomic mass is 9.91. The zero-order valence-electron chi connectivity index (χ0n) is 12.0. The number of amides is 1. The third kappa shape index (κ3) is 6.06. The molecule has 0 aromatic heterocycles. The Balaban J connectivity index is 4.44. The van der Waals surface area contributed by atoms with Crippen LogP contribution in [0.2, 0.25) is 0 Å². The number of nitrogens with one attached hydrogen (secondary N) is 1. The van der Waals surface area contributed by atoms with Crippen molar-refractivity contribution in [2.45, 2.75) is 71.8 Å². The second-order valence-corrected chi connectivity index (χ2v) is 5.22. The topological polar surface area (TPSA) is 55.1 Å². The summed E-state index contributed by atoms with van der Waals surface area (Å²) in [6.07, 6.45) is 5.89. The average Bonchev–Trinajstić information content (AvgIpc) is 2.29. The Morgan fingerprint density at radius 3 is 2.12 bits per heavy atom. The lowest BCUT2D eigenvalue weighted by Crippen LogP contribution is -2.49. The predicted molar refractivity (Wildman–Crippen MR) is 73.8 cm³/mol. The highest BCUT2D eigenvalue weighted by atomic mass is 16.2. The number of nitrogens with two attached hydrogens (primary N) is 1. The molecule has 0 aliphatic heterocycles. The van der Waals surface area contributed by atoms with Crippen molar-refractivity contribution in [1.29, 1.82) is 0 Å². The Hall–Kier alpha value is -0.570. The molecule has 3 N–H and O–H groups in total. The number of hydrogen-bond donors (Lipinski definition) is 2. The van der Waals surface area contributed by atoms with Gasteiger partial charge in [-0.15, -0.1) is 0 Å². The van der Waals surface area contributed by atoms with Crippen molar-refractivity contribution in [3.05, 3.63) is 0 Å². The van der Waals surface area contributed by atoms with E-state index in [1.807, 2.05) is 0 Å². The summed E-state index contributed by atoms with van der Waals surface area (Å²) >= 11 is 0. The standard InChI is InChI=1S/C14H30N2O/c1-5-8-12(9-6-2)13(17)16-14(4,7-3)10-11-15/h12H,5-11,15H2,1-4H3,(H,16,17). The molecule has 0 aliphatic carbocycles. The van der Waals surface area contributed by atoms with Crippen LogP contribution in [0.25, 0.3) is 0 Å². The van der Waals surface area contributed by atoms with Gasteiger partial charge >= 0.3 is 0 Å². The molecule has 17 heavy (non-hydrogen) atoms. The zero-order chi connectivity index (χ0) is 13.3.